The molecule has 0 radical (unpaired) electrons. The van der Waals surface area contributed by atoms with Crippen LogP contribution < -0.4 is 0 Å². The number of pyridine rings is 1. The Balaban J connectivity index is 1.15. The summed E-state index contributed by atoms with van der Waals surface area (Å²) in [5.41, 5.74) is 9.41. The Labute approximate surface area is 288 Å². The van der Waals surface area contributed by atoms with Crippen molar-refractivity contribution in [1.29, 1.82) is 0 Å². The van der Waals surface area contributed by atoms with Gasteiger partial charge in [-0.15, -0.1) is 11.3 Å². The maximum Gasteiger partial charge on any atom is 0.182 e. The lowest BCUT2D eigenvalue weighted by atomic mass is 9.99. The van der Waals surface area contributed by atoms with E-state index >= 15 is 0 Å². The van der Waals surface area contributed by atoms with Gasteiger partial charge in [-0.05, 0) is 34.4 Å². The molecule has 9 rings (SSSR count). The molecule has 0 atom stereocenters. The lowest BCUT2D eigenvalue weighted by Gasteiger charge is -2.09. The highest BCUT2D eigenvalue weighted by molar-refractivity contribution is 7.26. The molecule has 0 spiro atoms. The number of benzene rings is 6. The van der Waals surface area contributed by atoms with E-state index in [1.165, 1.54) is 42.4 Å². The number of thiophene rings is 1. The number of nitrogens with zero attached hydrogens (tertiary/aromatic N) is 4. The van der Waals surface area contributed by atoms with Crippen LogP contribution in [0.3, 0.4) is 0 Å². The molecule has 0 saturated heterocycles. The van der Waals surface area contributed by atoms with Crippen LogP contribution in [0.25, 0.3) is 88.0 Å². The summed E-state index contributed by atoms with van der Waals surface area (Å²) in [4.78, 5) is 19.9. The minimum Gasteiger partial charge on any atom is -0.244 e. The van der Waals surface area contributed by atoms with E-state index in [-0.39, 0.29) is 0 Å². The third-order valence-corrected chi connectivity index (χ3v) is 10.1. The molecule has 0 fully saturated rings. The van der Waals surface area contributed by atoms with Gasteiger partial charge in [0.25, 0.3) is 0 Å². The van der Waals surface area contributed by atoms with E-state index < -0.39 is 0 Å². The summed E-state index contributed by atoms with van der Waals surface area (Å²) in [6, 6.07) is 58.7. The Hall–Kier alpha value is -6.30. The normalized spacial score (nSPS) is 11.3. The first-order chi connectivity index (χ1) is 24.3. The van der Waals surface area contributed by atoms with E-state index in [0.29, 0.717) is 23.2 Å². The first-order valence-corrected chi connectivity index (χ1v) is 17.0. The highest BCUT2D eigenvalue weighted by atomic mass is 32.1. The summed E-state index contributed by atoms with van der Waals surface area (Å²) in [6.45, 7) is 0. The van der Waals surface area contributed by atoms with E-state index in [9.17, 15) is 0 Å². The van der Waals surface area contributed by atoms with Crippen LogP contribution in [0.15, 0.2) is 170 Å². The molecule has 0 saturated carbocycles. The molecule has 0 amide bonds. The summed E-state index contributed by atoms with van der Waals surface area (Å²) in [6.07, 6.45) is 0. The third-order valence-electron chi connectivity index (χ3n) is 8.78. The smallest absolute Gasteiger partial charge is 0.182 e. The average Bonchev–Trinajstić information content (AvgIpc) is 3.58. The molecule has 6 aromatic carbocycles. The van der Waals surface area contributed by atoms with Gasteiger partial charge in [-0.25, -0.2) is 19.9 Å². The summed E-state index contributed by atoms with van der Waals surface area (Å²) in [7, 11) is 0. The van der Waals surface area contributed by atoms with Crippen molar-refractivity contribution in [3.8, 4) is 67.8 Å². The minimum absolute atomic E-state index is 0.541. The van der Waals surface area contributed by atoms with Gasteiger partial charge in [0.2, 0.25) is 0 Å². The van der Waals surface area contributed by atoms with Gasteiger partial charge in [-0.1, -0.05) is 158 Å². The van der Waals surface area contributed by atoms with Gasteiger partial charge in [0.15, 0.2) is 17.5 Å². The Morgan fingerprint density at radius 3 is 1.35 bits per heavy atom. The van der Waals surface area contributed by atoms with Crippen LogP contribution in [-0.2, 0) is 0 Å². The summed E-state index contributed by atoms with van der Waals surface area (Å²) >= 11 is 1.83. The second kappa shape index (κ2) is 12.4. The molecule has 0 bridgehead atoms. The Morgan fingerprint density at radius 1 is 0.286 bits per heavy atom. The van der Waals surface area contributed by atoms with Gasteiger partial charge in [0.05, 0.1) is 5.69 Å². The lowest BCUT2D eigenvalue weighted by Crippen LogP contribution is -2.01. The zero-order valence-corrected chi connectivity index (χ0v) is 27.2. The molecule has 5 heteroatoms. The summed E-state index contributed by atoms with van der Waals surface area (Å²) < 4.78 is 2.48. The minimum atomic E-state index is 0.541. The van der Waals surface area contributed by atoms with Gasteiger partial charge < -0.3 is 0 Å². The number of fused-ring (bicyclic) bond motifs is 3. The second-order valence-corrected chi connectivity index (χ2v) is 12.9. The van der Waals surface area contributed by atoms with Crippen molar-refractivity contribution in [2.45, 2.75) is 0 Å². The molecule has 0 aliphatic heterocycles. The molecule has 0 aliphatic carbocycles. The van der Waals surface area contributed by atoms with Crippen molar-refractivity contribution in [2.75, 3.05) is 0 Å². The number of rotatable bonds is 6. The van der Waals surface area contributed by atoms with Crippen LogP contribution in [0.5, 0.6) is 0 Å². The van der Waals surface area contributed by atoms with Crippen LogP contribution in [0, 0.1) is 0 Å². The SMILES string of the molecule is c1ccc(-c2ccc(-c3cccc4c3sc3c(-c5cccc(-c6nc(-c7ccccc7)nc(-c7ccccc7)n6)n5)cccc34)cc2)cc1. The quantitative estimate of drug-likeness (QED) is 0.181. The largest absolute Gasteiger partial charge is 0.244 e. The van der Waals surface area contributed by atoms with Crippen LogP contribution in [-0.4, -0.2) is 19.9 Å². The van der Waals surface area contributed by atoms with Crippen molar-refractivity contribution in [3.63, 3.8) is 0 Å². The first kappa shape index (κ1) is 28.9. The fourth-order valence-corrected chi connectivity index (χ4v) is 7.71. The molecule has 49 heavy (non-hydrogen) atoms. The van der Waals surface area contributed by atoms with Crippen LogP contribution in [0.2, 0.25) is 0 Å². The van der Waals surface area contributed by atoms with Crippen molar-refractivity contribution < 1.29 is 0 Å². The molecule has 9 aromatic rings. The van der Waals surface area contributed by atoms with Gasteiger partial charge in [0.1, 0.15) is 5.69 Å². The first-order valence-electron chi connectivity index (χ1n) is 16.2. The zero-order chi connectivity index (χ0) is 32.6. The molecule has 4 nitrogen and oxygen atoms in total. The molecular formula is C44H28N4S. The van der Waals surface area contributed by atoms with Crippen LogP contribution >= 0.6 is 11.3 Å². The van der Waals surface area contributed by atoms with Crippen molar-refractivity contribution in [2.24, 2.45) is 0 Å². The standard InChI is InChI=1S/C44H28N4S/c1-4-13-29(14-5-1)30-25-27-31(28-26-30)34-19-10-20-35-36-21-11-22-37(41(36)49-40(34)35)38-23-12-24-39(45-38)44-47-42(32-15-6-2-7-16-32)46-43(48-44)33-17-8-3-9-18-33/h1-28H. The maximum atomic E-state index is 5.18. The molecule has 0 aliphatic rings. The number of hydrogen-bond acceptors (Lipinski definition) is 5. The summed E-state index contributed by atoms with van der Waals surface area (Å²) in [5.74, 6) is 1.78. The monoisotopic (exact) mass is 644 g/mol. The third kappa shape index (κ3) is 5.46. The molecule has 0 N–H and O–H groups in total. The highest BCUT2D eigenvalue weighted by Gasteiger charge is 2.17. The zero-order valence-electron chi connectivity index (χ0n) is 26.4. The Bertz CT molecular complexity index is 2520. The summed E-state index contributed by atoms with van der Waals surface area (Å²) in [5, 5.41) is 2.48. The average molecular weight is 645 g/mol. The topological polar surface area (TPSA) is 51.6 Å². The molecular weight excluding hydrogens is 617 g/mol. The Kier molecular flexibility index (Phi) is 7.30. The lowest BCUT2D eigenvalue weighted by molar-refractivity contribution is 1.06. The van der Waals surface area contributed by atoms with Gasteiger partial charge in [-0.2, -0.15) is 0 Å². The second-order valence-electron chi connectivity index (χ2n) is 11.9. The van der Waals surface area contributed by atoms with E-state index in [1.54, 1.807) is 0 Å². The predicted octanol–water partition coefficient (Wildman–Crippen LogP) is 11.6. The van der Waals surface area contributed by atoms with Gasteiger partial charge in [-0.3, -0.25) is 0 Å². The maximum absolute atomic E-state index is 5.18. The fraction of sp³-hybridized carbons (Fsp3) is 0. The molecule has 230 valence electrons. The van der Waals surface area contributed by atoms with Crippen LogP contribution in [0.1, 0.15) is 0 Å². The molecule has 3 aromatic heterocycles. The Morgan fingerprint density at radius 2 is 0.735 bits per heavy atom. The number of aromatic nitrogens is 4. The van der Waals surface area contributed by atoms with Gasteiger partial charge in [0, 0.05) is 36.9 Å². The molecule has 3 heterocycles. The molecule has 0 unspecified atom stereocenters. The van der Waals surface area contributed by atoms with Crippen molar-refractivity contribution in [1.82, 2.24) is 19.9 Å². The van der Waals surface area contributed by atoms with Crippen LogP contribution in [0.4, 0.5) is 0 Å². The highest BCUT2D eigenvalue weighted by Crippen LogP contribution is 2.43. The van der Waals surface area contributed by atoms with E-state index in [2.05, 4.69) is 97.1 Å². The van der Waals surface area contributed by atoms with Crippen molar-refractivity contribution in [3.05, 3.63) is 170 Å². The van der Waals surface area contributed by atoms with E-state index in [1.807, 2.05) is 84.1 Å². The van der Waals surface area contributed by atoms with E-state index in [0.717, 1.165) is 22.4 Å². The van der Waals surface area contributed by atoms with Gasteiger partial charge >= 0.3 is 0 Å². The van der Waals surface area contributed by atoms with Crippen molar-refractivity contribution >= 4 is 31.5 Å². The number of hydrogen-bond donors (Lipinski definition) is 0. The fourth-order valence-electron chi connectivity index (χ4n) is 6.35. The predicted molar refractivity (Wildman–Crippen MR) is 203 cm³/mol. The van der Waals surface area contributed by atoms with E-state index in [4.69, 9.17) is 19.9 Å².